The van der Waals surface area contributed by atoms with E-state index in [0.717, 1.165) is 43.1 Å². The lowest BCUT2D eigenvalue weighted by Crippen LogP contribution is -2.44. The number of carbonyl (C=O) groups excluding carboxylic acids is 1. The summed E-state index contributed by atoms with van der Waals surface area (Å²) in [7, 11) is 1.89. The van der Waals surface area contributed by atoms with Crippen LogP contribution in [0.15, 0.2) is 6.33 Å². The van der Waals surface area contributed by atoms with Crippen LogP contribution in [-0.4, -0.2) is 42.1 Å². The van der Waals surface area contributed by atoms with Gasteiger partial charge in [0.05, 0.1) is 0 Å². The fourth-order valence-corrected chi connectivity index (χ4v) is 2.89. The van der Waals surface area contributed by atoms with Gasteiger partial charge in [-0.1, -0.05) is 13.8 Å². The zero-order valence-electron chi connectivity index (χ0n) is 13.3. The van der Waals surface area contributed by atoms with Gasteiger partial charge in [0.1, 0.15) is 18.0 Å². The molecule has 0 aliphatic carbocycles. The van der Waals surface area contributed by atoms with Gasteiger partial charge in [-0.3, -0.25) is 4.79 Å². The zero-order valence-corrected chi connectivity index (χ0v) is 13.3. The Morgan fingerprint density at radius 2 is 2.00 bits per heavy atom. The topological polar surface area (TPSA) is 70.2 Å². The molecule has 1 saturated heterocycles. The Kier molecular flexibility index (Phi) is 4.98. The van der Waals surface area contributed by atoms with Crippen molar-refractivity contribution in [1.29, 1.82) is 0 Å². The third kappa shape index (κ3) is 3.62. The van der Waals surface area contributed by atoms with Crippen LogP contribution in [0.25, 0.3) is 0 Å². The summed E-state index contributed by atoms with van der Waals surface area (Å²) < 4.78 is 0. The average Bonchev–Trinajstić information content (AvgIpc) is 2.46. The fourth-order valence-electron chi connectivity index (χ4n) is 2.89. The van der Waals surface area contributed by atoms with Crippen LogP contribution in [0.4, 0.5) is 11.6 Å². The summed E-state index contributed by atoms with van der Waals surface area (Å²) in [6, 6.07) is 0.284. The number of carbonyl (C=O) groups is 1. The van der Waals surface area contributed by atoms with Crippen LogP contribution < -0.4 is 15.5 Å². The molecule has 6 heteroatoms. The number of piperidine rings is 1. The molecule has 1 aliphatic heterocycles. The molecule has 21 heavy (non-hydrogen) atoms. The first-order valence-electron chi connectivity index (χ1n) is 7.57. The summed E-state index contributed by atoms with van der Waals surface area (Å²) in [5.41, 5.74) is 1.16. The van der Waals surface area contributed by atoms with Gasteiger partial charge in [-0.25, -0.2) is 9.97 Å². The maximum atomic E-state index is 11.1. The molecule has 1 amide bonds. The Bertz CT molecular complexity index is 495. The summed E-state index contributed by atoms with van der Waals surface area (Å²) in [4.78, 5) is 22.3. The van der Waals surface area contributed by atoms with Gasteiger partial charge in [-0.15, -0.1) is 0 Å². The average molecular weight is 291 g/mol. The maximum Gasteiger partial charge on any atom is 0.217 e. The van der Waals surface area contributed by atoms with Crippen LogP contribution in [-0.2, 0) is 4.79 Å². The van der Waals surface area contributed by atoms with Gasteiger partial charge in [-0.05, 0) is 18.8 Å². The van der Waals surface area contributed by atoms with Crippen molar-refractivity contribution in [2.75, 3.05) is 30.4 Å². The second-order valence-electron chi connectivity index (χ2n) is 5.83. The van der Waals surface area contributed by atoms with Gasteiger partial charge in [-0.2, -0.15) is 0 Å². The van der Waals surface area contributed by atoms with E-state index in [4.69, 9.17) is 0 Å². The van der Waals surface area contributed by atoms with Gasteiger partial charge in [0.2, 0.25) is 5.91 Å². The number of hydrogen-bond donors (Lipinski definition) is 2. The SMILES string of the molecule is CNc1ncnc(N2CCC(NC(C)=O)CC2)c1C(C)C. The van der Waals surface area contributed by atoms with Gasteiger partial charge in [0.25, 0.3) is 0 Å². The number of hydrogen-bond acceptors (Lipinski definition) is 5. The summed E-state index contributed by atoms with van der Waals surface area (Å²) in [6.07, 6.45) is 3.53. The normalized spacial score (nSPS) is 16.1. The first-order chi connectivity index (χ1) is 10.0. The van der Waals surface area contributed by atoms with Crippen molar-refractivity contribution in [3.05, 3.63) is 11.9 Å². The Hall–Kier alpha value is -1.85. The number of amides is 1. The summed E-state index contributed by atoms with van der Waals surface area (Å²) in [5.74, 6) is 2.33. The monoisotopic (exact) mass is 291 g/mol. The minimum Gasteiger partial charge on any atom is -0.373 e. The number of anilines is 2. The van der Waals surface area contributed by atoms with Crippen molar-refractivity contribution >= 4 is 17.5 Å². The van der Waals surface area contributed by atoms with E-state index >= 15 is 0 Å². The van der Waals surface area contributed by atoms with Gasteiger partial charge in [0, 0.05) is 38.7 Å². The molecule has 2 rings (SSSR count). The van der Waals surface area contributed by atoms with Crippen molar-refractivity contribution in [2.45, 2.75) is 45.6 Å². The largest absolute Gasteiger partial charge is 0.373 e. The Morgan fingerprint density at radius 1 is 1.33 bits per heavy atom. The lowest BCUT2D eigenvalue weighted by Gasteiger charge is -2.34. The zero-order chi connectivity index (χ0) is 15.4. The molecular weight excluding hydrogens is 266 g/mol. The van der Waals surface area contributed by atoms with Gasteiger partial charge < -0.3 is 15.5 Å². The molecule has 0 spiro atoms. The minimum absolute atomic E-state index is 0.0517. The van der Waals surface area contributed by atoms with Crippen LogP contribution in [0.2, 0.25) is 0 Å². The third-order valence-electron chi connectivity index (χ3n) is 3.88. The van der Waals surface area contributed by atoms with E-state index < -0.39 is 0 Å². The molecule has 1 fully saturated rings. The van der Waals surface area contributed by atoms with E-state index in [2.05, 4.69) is 39.3 Å². The van der Waals surface area contributed by atoms with E-state index in [1.165, 1.54) is 0 Å². The van der Waals surface area contributed by atoms with E-state index in [9.17, 15) is 4.79 Å². The van der Waals surface area contributed by atoms with Crippen molar-refractivity contribution in [3.63, 3.8) is 0 Å². The molecule has 6 nitrogen and oxygen atoms in total. The van der Waals surface area contributed by atoms with Crippen molar-refractivity contribution in [1.82, 2.24) is 15.3 Å². The van der Waals surface area contributed by atoms with Crippen molar-refractivity contribution in [2.24, 2.45) is 0 Å². The number of nitrogens with one attached hydrogen (secondary N) is 2. The van der Waals surface area contributed by atoms with E-state index in [1.807, 2.05) is 7.05 Å². The predicted molar refractivity (Wildman–Crippen MR) is 84.7 cm³/mol. The molecule has 1 aromatic heterocycles. The molecule has 1 aliphatic rings. The van der Waals surface area contributed by atoms with Crippen molar-refractivity contribution in [3.8, 4) is 0 Å². The van der Waals surface area contributed by atoms with Crippen LogP contribution >= 0.6 is 0 Å². The highest BCUT2D eigenvalue weighted by Crippen LogP contribution is 2.31. The Morgan fingerprint density at radius 3 is 2.52 bits per heavy atom. The summed E-state index contributed by atoms with van der Waals surface area (Å²) in [6.45, 7) is 7.71. The summed E-state index contributed by atoms with van der Waals surface area (Å²) >= 11 is 0. The standard InChI is InChI=1S/C15H25N5O/c1-10(2)13-14(16-4)17-9-18-15(13)20-7-5-12(6-8-20)19-11(3)21/h9-10,12H,5-8H2,1-4H3,(H,19,21)(H,16,17,18). The molecule has 0 radical (unpaired) electrons. The van der Waals surface area contributed by atoms with Crippen LogP contribution in [0, 0.1) is 0 Å². The van der Waals surface area contributed by atoms with E-state index in [0.29, 0.717) is 5.92 Å². The highest BCUT2D eigenvalue weighted by Gasteiger charge is 2.24. The molecule has 116 valence electrons. The maximum absolute atomic E-state index is 11.1. The molecule has 2 heterocycles. The van der Waals surface area contributed by atoms with Crippen LogP contribution in [0.5, 0.6) is 0 Å². The fraction of sp³-hybridized carbons (Fsp3) is 0.667. The number of aromatic nitrogens is 2. The number of nitrogens with zero attached hydrogens (tertiary/aromatic N) is 3. The third-order valence-corrected chi connectivity index (χ3v) is 3.88. The molecule has 0 aromatic carbocycles. The highest BCUT2D eigenvalue weighted by atomic mass is 16.1. The van der Waals surface area contributed by atoms with E-state index in [-0.39, 0.29) is 11.9 Å². The summed E-state index contributed by atoms with van der Waals surface area (Å²) in [5, 5.41) is 6.16. The molecule has 1 aromatic rings. The lowest BCUT2D eigenvalue weighted by atomic mass is 10.0. The first kappa shape index (κ1) is 15.5. The molecule has 0 saturated carbocycles. The second-order valence-corrected chi connectivity index (χ2v) is 5.83. The van der Waals surface area contributed by atoms with E-state index in [1.54, 1.807) is 13.3 Å². The smallest absolute Gasteiger partial charge is 0.217 e. The Balaban J connectivity index is 2.15. The Labute approximate surface area is 126 Å². The van der Waals surface area contributed by atoms with Crippen LogP contribution in [0.1, 0.15) is 45.1 Å². The molecule has 0 unspecified atom stereocenters. The number of rotatable bonds is 4. The molecule has 2 N–H and O–H groups in total. The highest BCUT2D eigenvalue weighted by molar-refractivity contribution is 5.73. The van der Waals surface area contributed by atoms with Crippen LogP contribution in [0.3, 0.4) is 0 Å². The molecule has 0 atom stereocenters. The quantitative estimate of drug-likeness (QED) is 0.884. The predicted octanol–water partition coefficient (Wildman–Crippen LogP) is 1.75. The first-order valence-corrected chi connectivity index (χ1v) is 7.57. The van der Waals surface area contributed by atoms with Gasteiger partial charge in [0.15, 0.2) is 0 Å². The van der Waals surface area contributed by atoms with Gasteiger partial charge >= 0.3 is 0 Å². The molecule has 0 bridgehead atoms. The lowest BCUT2D eigenvalue weighted by molar-refractivity contribution is -0.119. The van der Waals surface area contributed by atoms with Crippen molar-refractivity contribution < 1.29 is 4.79 Å². The molecular formula is C15H25N5O. The minimum atomic E-state index is 0.0517. The second kappa shape index (κ2) is 6.74.